The van der Waals surface area contributed by atoms with E-state index in [1.165, 1.54) is 228 Å². The van der Waals surface area contributed by atoms with Gasteiger partial charge in [-0.25, -0.2) is 0 Å². The molecule has 0 bridgehead atoms. The van der Waals surface area contributed by atoms with Gasteiger partial charge in [0.05, 0.1) is 23.3 Å². The zero-order valence-corrected chi connectivity index (χ0v) is 94.7. The van der Waals surface area contributed by atoms with Gasteiger partial charge in [-0.2, -0.15) is 0 Å². The maximum absolute atomic E-state index is 13.7. The second-order valence-corrected chi connectivity index (χ2v) is 39.7. The molecule has 8 nitrogen and oxygen atoms in total. The molecule has 2 fully saturated rings. The van der Waals surface area contributed by atoms with E-state index in [1.54, 1.807) is 18.3 Å². The number of hydrogen-bond acceptors (Lipinski definition) is 4. The van der Waals surface area contributed by atoms with Gasteiger partial charge in [0, 0.05) is 164 Å². The van der Waals surface area contributed by atoms with Gasteiger partial charge in [0.25, 0.3) is 0 Å². The molecule has 2 aliphatic carbocycles. The molecule has 0 aliphatic heterocycles. The van der Waals surface area contributed by atoms with Crippen LogP contribution >= 0.6 is 0 Å². The summed E-state index contributed by atoms with van der Waals surface area (Å²) in [5.41, 5.74) is 36.6. The molecule has 0 unspecified atom stereocenters. The van der Waals surface area contributed by atoms with Gasteiger partial charge in [0.2, 0.25) is 0 Å². The Labute approximate surface area is 917 Å². The van der Waals surface area contributed by atoms with Crippen LogP contribution in [0.1, 0.15) is 239 Å². The Morgan fingerprint density at radius 2 is 0.466 bits per heavy atom. The quantitative estimate of drug-likeness (QED) is 0.0598. The van der Waals surface area contributed by atoms with Crippen molar-refractivity contribution in [2.75, 3.05) is 0 Å². The second-order valence-electron chi connectivity index (χ2n) is 39.7. The molecule has 0 N–H and O–H groups in total. The maximum atomic E-state index is 13.7. The first-order valence-electron chi connectivity index (χ1n) is 50.9. The summed E-state index contributed by atoms with van der Waals surface area (Å²) in [7, 11) is 0. The maximum Gasteiger partial charge on any atom is 0.0602 e. The van der Waals surface area contributed by atoms with Gasteiger partial charge >= 0.3 is 0 Å². The van der Waals surface area contributed by atoms with Crippen LogP contribution in [0.15, 0.2) is 377 Å². The predicted octanol–water partition coefficient (Wildman–Crippen LogP) is 36.1. The van der Waals surface area contributed by atoms with Crippen molar-refractivity contribution in [1.29, 1.82) is 0 Å². The van der Waals surface area contributed by atoms with Crippen molar-refractivity contribution < 1.29 is 89.2 Å². The zero-order valence-electron chi connectivity index (χ0n) is 85.2. The molecule has 4 radical (unpaired) electrons. The number of benzene rings is 15. The van der Waals surface area contributed by atoms with Crippen molar-refractivity contribution >= 4 is 0 Å². The molecule has 19 aromatic rings. The smallest absolute Gasteiger partial charge is 0.0602 e. The molecule has 21 rings (SSSR count). The molecule has 0 spiro atoms. The molecule has 0 saturated heterocycles. The fourth-order valence-electron chi connectivity index (χ4n) is 20.6. The van der Waals surface area contributed by atoms with Crippen molar-refractivity contribution in [3.8, 4) is 146 Å². The van der Waals surface area contributed by atoms with Gasteiger partial charge in [-0.3, -0.25) is 28.7 Å². The molecule has 0 amide bonds. The number of halogens is 2. The minimum absolute atomic E-state index is 0. The van der Waals surface area contributed by atoms with E-state index in [2.05, 4.69) is 398 Å². The third kappa shape index (κ3) is 25.3. The van der Waals surface area contributed by atoms with Crippen LogP contribution in [-0.4, -0.2) is 38.2 Å². The summed E-state index contributed by atoms with van der Waals surface area (Å²) in [6.45, 7) is 27.1. The Bertz CT molecular complexity index is 7230. The summed E-state index contributed by atoms with van der Waals surface area (Å²) < 4.78 is 36.1. The first-order chi connectivity index (χ1) is 69.2. The summed E-state index contributed by atoms with van der Waals surface area (Å²) in [6, 6.07) is 126. The van der Waals surface area contributed by atoms with Crippen molar-refractivity contribution in [1.82, 2.24) is 38.2 Å². The van der Waals surface area contributed by atoms with Gasteiger partial charge in [-0.15, -0.1) is 131 Å². The minimum Gasteiger partial charge on any atom is -0.340 e. The average molecular weight is 2630 g/mol. The molecule has 15 aromatic carbocycles. The van der Waals surface area contributed by atoms with Crippen LogP contribution in [0, 0.1) is 35.9 Å². The third-order valence-corrected chi connectivity index (χ3v) is 28.0. The van der Waals surface area contributed by atoms with Crippen LogP contribution in [0.3, 0.4) is 0 Å². The monoisotopic (exact) mass is 2630 g/mol. The van der Waals surface area contributed by atoms with Crippen LogP contribution in [0.4, 0.5) is 8.78 Å². The molecule has 2 saturated carbocycles. The Balaban J connectivity index is 0.000000153. The van der Waals surface area contributed by atoms with E-state index in [1.807, 2.05) is 67.3 Å². The van der Waals surface area contributed by atoms with E-state index in [9.17, 15) is 8.78 Å². The van der Waals surface area contributed by atoms with E-state index in [-0.39, 0.29) is 92.1 Å². The van der Waals surface area contributed by atoms with E-state index in [4.69, 9.17) is 15.0 Å². The largest absolute Gasteiger partial charge is 0.340 e. The number of imidazole rings is 4. The molecule has 748 valence electrons. The molecule has 4 heterocycles. The first-order valence-corrected chi connectivity index (χ1v) is 50.9. The summed E-state index contributed by atoms with van der Waals surface area (Å²) in [5, 5.41) is 0. The van der Waals surface area contributed by atoms with Crippen molar-refractivity contribution in [2.24, 2.45) is 0 Å². The Kier molecular flexibility index (Phi) is 38.4. The molecular formula is C132H126F2Ir4N8-4. The second kappa shape index (κ2) is 51.3. The molecular weight excluding hydrogens is 2500 g/mol. The molecule has 4 aromatic heterocycles. The van der Waals surface area contributed by atoms with Crippen molar-refractivity contribution in [3.63, 3.8) is 0 Å². The van der Waals surface area contributed by atoms with E-state index >= 15 is 0 Å². The van der Waals surface area contributed by atoms with Gasteiger partial charge < -0.3 is 18.3 Å². The molecule has 2 aliphatic rings. The third-order valence-electron chi connectivity index (χ3n) is 28.0. The minimum atomic E-state index is -0.296. The zero-order chi connectivity index (χ0) is 98.3. The van der Waals surface area contributed by atoms with E-state index < -0.39 is 0 Å². The first kappa shape index (κ1) is 109. The number of nitrogens with zero attached hydrogens (tertiary/aromatic N) is 8. The van der Waals surface area contributed by atoms with Crippen LogP contribution in [0.5, 0.6) is 0 Å². The van der Waals surface area contributed by atoms with Gasteiger partial charge in [0.1, 0.15) is 0 Å². The van der Waals surface area contributed by atoms with Crippen LogP contribution in [0.2, 0.25) is 0 Å². The number of aromatic nitrogens is 8. The number of hydrogen-bond donors (Lipinski definition) is 0. The van der Waals surface area contributed by atoms with Gasteiger partial charge in [0.15, 0.2) is 0 Å². The fourth-order valence-corrected chi connectivity index (χ4v) is 20.6. The van der Waals surface area contributed by atoms with E-state index in [0.29, 0.717) is 47.3 Å². The molecule has 146 heavy (non-hydrogen) atoms. The van der Waals surface area contributed by atoms with Crippen molar-refractivity contribution in [2.45, 2.75) is 195 Å². The van der Waals surface area contributed by atoms with Gasteiger partial charge in [-0.05, 0) is 268 Å². The SMILES string of the molecule is CC(C)c1cc(-c2cc(-c3ccccc3)cc(-c3ccccc3)c2)cc(C(C)C)c1-n1ccnc1-c1[c-]cccc1.CC(C)c1cc(-c2cccc(-c3ccccc3)c2)cc(C(C)C)c1-n1ccnc1-c1[c-]cccc1.CC(C)c1cc(-c2ccccc2)cc(C(C)C)c1-n1ccnc1-c1[c-]cc(F)cc1.Fc1c[c-]c(-c2nccn2-c2c(C3CCCCC3)cc(-c3ccccc3)cc2C2CCCCC2)cc1.[Ir].[Ir].[Ir].[Ir]. The van der Waals surface area contributed by atoms with Gasteiger partial charge in [-0.1, -0.05) is 291 Å². The Morgan fingerprint density at radius 1 is 0.233 bits per heavy atom. The summed E-state index contributed by atoms with van der Waals surface area (Å²) in [6.07, 6.45) is 28.5. The summed E-state index contributed by atoms with van der Waals surface area (Å²) in [4.78, 5) is 18.8. The topological polar surface area (TPSA) is 71.3 Å². The van der Waals surface area contributed by atoms with E-state index in [0.717, 1.165) is 51.2 Å². The van der Waals surface area contributed by atoms with Crippen molar-refractivity contribution in [3.05, 3.63) is 458 Å². The summed E-state index contributed by atoms with van der Waals surface area (Å²) in [5.74, 6) is 6.00. The summed E-state index contributed by atoms with van der Waals surface area (Å²) >= 11 is 0. The predicted molar refractivity (Wildman–Crippen MR) is 585 cm³/mol. The Hall–Kier alpha value is -12.4. The van der Waals surface area contributed by atoms with Crippen LogP contribution in [-0.2, 0) is 80.4 Å². The molecule has 0 atom stereocenters. The fraction of sp³-hybridized carbons (Fsp3) is 0.227. The Morgan fingerprint density at radius 3 is 0.747 bits per heavy atom. The standard InChI is InChI=1S/C39H35N2.C33H34FN2.C33H31N2.C27H26FN2.4Ir/c1-27(2)36-25-35(26-37(28(3)4)38(36)41-21-20-40-39(41)31-18-12-7-13-19-31)34-23-32(29-14-8-5-9-15-29)22-33(24-34)30-16-10-6-11-17-30;34-29-18-16-27(17-19-29)33-35-20-21-36(33)32-30(25-12-6-2-7-13-25)22-28(24-10-4-1-5-11-24)23-31(32)26-14-8-3-9-15-26;1-23(2)30-21-29(28-17-11-16-27(20-28)25-12-7-5-8-13-25)22-31(24(3)4)32(30)35-19-18-34-33(35)26-14-9-6-10-15-26;1-18(2)24-16-22(20-8-6-5-7-9-20)17-25(19(3)4)26(24)30-15-14-29-27(30)21-10-12-23(28)13-11-21;;;;/h5-18,20-28H,1-4H3;1,4-5,10-11,16,18-23,25-26H,2-3,6-9,12-15H2;5-14,16-24H,1-4H3;5-10,12-19H,1-4H3;;;;/q4*-1;;;;. The van der Waals surface area contributed by atoms with Crippen LogP contribution < -0.4 is 0 Å². The number of rotatable bonds is 23. The average Bonchev–Trinajstić information content (AvgIpc) is 1.34. The normalized spacial score (nSPS) is 12.5. The molecule has 14 heteroatoms. The van der Waals surface area contributed by atoms with Crippen LogP contribution in [0.25, 0.3) is 146 Å².